The first-order valence-corrected chi connectivity index (χ1v) is 6.59. The Bertz CT molecular complexity index is 846. The van der Waals surface area contributed by atoms with Crippen molar-refractivity contribution < 1.29 is 4.79 Å². The second-order valence-electron chi connectivity index (χ2n) is 4.89. The molecule has 112 valence electrons. The van der Waals surface area contributed by atoms with Gasteiger partial charge in [-0.2, -0.15) is 0 Å². The number of aromatic amines is 1. The monoisotopic (exact) mass is 316 g/mol. The summed E-state index contributed by atoms with van der Waals surface area (Å²) in [4.78, 5) is 26.8. The van der Waals surface area contributed by atoms with Crippen LogP contribution in [-0.2, 0) is 17.8 Å². The highest BCUT2D eigenvalue weighted by Crippen LogP contribution is 2.24. The Morgan fingerprint density at radius 2 is 2.14 bits per heavy atom. The van der Waals surface area contributed by atoms with Crippen LogP contribution in [0, 0.1) is 0 Å². The maximum absolute atomic E-state index is 11.4. The summed E-state index contributed by atoms with van der Waals surface area (Å²) in [5.41, 5.74) is 4.46. The van der Waals surface area contributed by atoms with Crippen molar-refractivity contribution in [1.82, 2.24) is 19.9 Å². The number of rotatable bonds is 3. The molecule has 3 aromatic rings. The van der Waals surface area contributed by atoms with E-state index in [0.717, 1.165) is 22.3 Å². The summed E-state index contributed by atoms with van der Waals surface area (Å²) in [5.74, 6) is 0.761. The van der Waals surface area contributed by atoms with Gasteiger partial charge < -0.3 is 15.6 Å². The Morgan fingerprint density at radius 3 is 3.05 bits per heavy atom. The number of anilines is 2. The molecular weight excluding hydrogens is 304 g/mol. The number of hydrogen-bond donors (Lipinski definition) is 3. The van der Waals surface area contributed by atoms with Gasteiger partial charge in [-0.3, -0.25) is 4.79 Å². The van der Waals surface area contributed by atoms with Crippen LogP contribution < -0.4 is 10.6 Å². The van der Waals surface area contributed by atoms with Gasteiger partial charge in [0.05, 0.1) is 12.7 Å². The molecule has 0 radical (unpaired) electrons. The maximum atomic E-state index is 11.4. The van der Waals surface area contributed by atoms with E-state index < -0.39 is 0 Å². The van der Waals surface area contributed by atoms with Gasteiger partial charge in [0.15, 0.2) is 11.5 Å². The van der Waals surface area contributed by atoms with Crippen molar-refractivity contribution in [2.24, 2.45) is 0 Å². The summed E-state index contributed by atoms with van der Waals surface area (Å²) in [6.07, 6.45) is 3.52. The van der Waals surface area contributed by atoms with Crippen molar-refractivity contribution >= 4 is 41.0 Å². The van der Waals surface area contributed by atoms with Crippen LogP contribution in [0.2, 0.25) is 0 Å². The summed E-state index contributed by atoms with van der Waals surface area (Å²) >= 11 is 0. The number of nitrogens with zero attached hydrogens (tertiary/aromatic N) is 3. The van der Waals surface area contributed by atoms with Crippen LogP contribution in [0.4, 0.5) is 11.5 Å². The number of amides is 1. The fourth-order valence-corrected chi connectivity index (χ4v) is 2.48. The first kappa shape index (κ1) is 14.3. The molecule has 1 aliphatic heterocycles. The average Bonchev–Trinajstić information content (AvgIpc) is 3.09. The highest BCUT2D eigenvalue weighted by atomic mass is 35.5. The molecule has 0 spiro atoms. The lowest BCUT2D eigenvalue weighted by Crippen LogP contribution is -2.03. The number of hydrogen-bond acceptors (Lipinski definition) is 5. The van der Waals surface area contributed by atoms with Crippen molar-refractivity contribution in [1.29, 1.82) is 0 Å². The number of imidazole rings is 1. The molecule has 7 nitrogen and oxygen atoms in total. The predicted octanol–water partition coefficient (Wildman–Crippen LogP) is 1.88. The third-order valence-corrected chi connectivity index (χ3v) is 3.48. The minimum absolute atomic E-state index is 0. The second-order valence-corrected chi connectivity index (χ2v) is 4.89. The molecule has 0 unspecified atom stereocenters. The van der Waals surface area contributed by atoms with Gasteiger partial charge in [0.1, 0.15) is 11.8 Å². The number of carbonyl (C=O) groups excluding carboxylic acids is 1. The lowest BCUT2D eigenvalue weighted by molar-refractivity contribution is -0.115. The largest absolute Gasteiger partial charge is 0.364 e. The lowest BCUT2D eigenvalue weighted by Gasteiger charge is -2.07. The van der Waals surface area contributed by atoms with Crippen molar-refractivity contribution in [2.75, 3.05) is 10.6 Å². The number of carbonyl (C=O) groups is 1. The molecule has 8 heteroatoms. The van der Waals surface area contributed by atoms with Gasteiger partial charge in [0, 0.05) is 12.2 Å². The lowest BCUT2D eigenvalue weighted by atomic mass is 10.1. The van der Waals surface area contributed by atoms with Crippen molar-refractivity contribution in [3.8, 4) is 0 Å². The normalized spacial score (nSPS) is 12.6. The van der Waals surface area contributed by atoms with Crippen molar-refractivity contribution in [3.05, 3.63) is 42.0 Å². The summed E-state index contributed by atoms with van der Waals surface area (Å²) in [6.45, 7) is 0.618. The minimum atomic E-state index is 0. The Kier molecular flexibility index (Phi) is 3.64. The summed E-state index contributed by atoms with van der Waals surface area (Å²) in [7, 11) is 0. The molecule has 4 rings (SSSR count). The van der Waals surface area contributed by atoms with Crippen LogP contribution >= 0.6 is 12.4 Å². The van der Waals surface area contributed by atoms with Gasteiger partial charge in [-0.1, -0.05) is 12.1 Å². The number of benzene rings is 1. The Balaban J connectivity index is 0.00000144. The van der Waals surface area contributed by atoms with Crippen molar-refractivity contribution in [2.45, 2.75) is 13.0 Å². The number of fused-ring (bicyclic) bond motifs is 2. The quantitative estimate of drug-likeness (QED) is 0.685. The van der Waals surface area contributed by atoms with E-state index in [1.807, 2.05) is 18.2 Å². The summed E-state index contributed by atoms with van der Waals surface area (Å²) < 4.78 is 0. The highest BCUT2D eigenvalue weighted by Gasteiger charge is 2.17. The Hall–Kier alpha value is -2.67. The molecule has 22 heavy (non-hydrogen) atoms. The first-order chi connectivity index (χ1) is 10.3. The maximum Gasteiger partial charge on any atom is 0.228 e. The highest BCUT2D eigenvalue weighted by molar-refractivity contribution is 5.99. The Labute approximate surface area is 132 Å². The second kappa shape index (κ2) is 5.61. The zero-order valence-electron chi connectivity index (χ0n) is 11.5. The van der Waals surface area contributed by atoms with E-state index in [1.54, 1.807) is 6.33 Å². The topological polar surface area (TPSA) is 95.6 Å². The smallest absolute Gasteiger partial charge is 0.228 e. The van der Waals surface area contributed by atoms with E-state index in [9.17, 15) is 4.79 Å². The van der Waals surface area contributed by atoms with E-state index >= 15 is 0 Å². The van der Waals surface area contributed by atoms with Crippen LogP contribution in [0.3, 0.4) is 0 Å². The van der Waals surface area contributed by atoms with E-state index in [4.69, 9.17) is 0 Å². The van der Waals surface area contributed by atoms with Crippen molar-refractivity contribution in [3.63, 3.8) is 0 Å². The molecule has 1 aliphatic rings. The van der Waals surface area contributed by atoms with Crippen LogP contribution in [-0.4, -0.2) is 25.8 Å². The van der Waals surface area contributed by atoms with E-state index in [0.29, 0.717) is 24.4 Å². The van der Waals surface area contributed by atoms with Crippen LogP contribution in [0.5, 0.6) is 0 Å². The molecule has 3 N–H and O–H groups in total. The van der Waals surface area contributed by atoms with Gasteiger partial charge in [-0.05, 0) is 17.2 Å². The average molecular weight is 317 g/mol. The first-order valence-electron chi connectivity index (χ1n) is 6.59. The molecular formula is C14H13ClN6O. The van der Waals surface area contributed by atoms with Crippen LogP contribution in [0.1, 0.15) is 11.1 Å². The molecule has 0 aliphatic carbocycles. The molecule has 1 amide bonds. The molecule has 0 bridgehead atoms. The van der Waals surface area contributed by atoms with E-state index in [1.165, 1.54) is 6.33 Å². The molecule has 3 heterocycles. The van der Waals surface area contributed by atoms with Gasteiger partial charge >= 0.3 is 0 Å². The molecule has 0 saturated carbocycles. The van der Waals surface area contributed by atoms with E-state index in [2.05, 4.69) is 30.6 Å². The fraction of sp³-hybridized carbons (Fsp3) is 0.143. The SMILES string of the molecule is Cl.O=C1Cc2cc(CNc3ncnc4nc[nH]c34)ccc2N1. The molecule has 1 aromatic carbocycles. The molecule has 0 saturated heterocycles. The van der Waals surface area contributed by atoms with Crippen LogP contribution in [0.15, 0.2) is 30.9 Å². The fourth-order valence-electron chi connectivity index (χ4n) is 2.48. The molecule has 2 aromatic heterocycles. The van der Waals surface area contributed by atoms with E-state index in [-0.39, 0.29) is 18.3 Å². The predicted molar refractivity (Wildman–Crippen MR) is 85.0 cm³/mol. The van der Waals surface area contributed by atoms with Gasteiger partial charge in [0.25, 0.3) is 0 Å². The standard InChI is InChI=1S/C14H12N6O.ClH/c21-11-4-9-3-8(1-2-10(9)20-11)5-15-13-12-14(17-6-16-12)19-7-18-13;/h1-3,6-7H,4-5H2,(H,20,21)(H2,15,16,17,18,19);1H. The summed E-state index contributed by atoms with van der Waals surface area (Å²) in [5, 5.41) is 6.09. The zero-order chi connectivity index (χ0) is 14.2. The van der Waals surface area contributed by atoms with Gasteiger partial charge in [-0.25, -0.2) is 15.0 Å². The molecule has 0 fully saturated rings. The zero-order valence-corrected chi connectivity index (χ0v) is 12.3. The minimum Gasteiger partial charge on any atom is -0.364 e. The number of nitrogens with one attached hydrogen (secondary N) is 3. The number of H-pyrrole nitrogens is 1. The van der Waals surface area contributed by atoms with Gasteiger partial charge in [-0.15, -0.1) is 12.4 Å². The third-order valence-electron chi connectivity index (χ3n) is 3.48. The molecule has 0 atom stereocenters. The van der Waals surface area contributed by atoms with Crippen LogP contribution in [0.25, 0.3) is 11.2 Å². The third kappa shape index (κ3) is 2.46. The Morgan fingerprint density at radius 1 is 1.23 bits per heavy atom. The van der Waals surface area contributed by atoms with Gasteiger partial charge in [0.2, 0.25) is 5.91 Å². The number of aromatic nitrogens is 4. The summed E-state index contributed by atoms with van der Waals surface area (Å²) in [6, 6.07) is 5.96. The number of halogens is 1.